The van der Waals surface area contributed by atoms with Crippen molar-refractivity contribution in [2.24, 2.45) is 0 Å². The highest BCUT2D eigenvalue weighted by Crippen LogP contribution is 2.17. The minimum absolute atomic E-state index is 0.148. The van der Waals surface area contributed by atoms with Crippen molar-refractivity contribution in [1.82, 2.24) is 4.90 Å². The molecule has 0 aromatic rings. The highest BCUT2D eigenvalue weighted by molar-refractivity contribution is 5.76. The maximum atomic E-state index is 11.8. The average Bonchev–Trinajstić information content (AvgIpc) is 2.34. The summed E-state index contributed by atoms with van der Waals surface area (Å²) >= 11 is 0. The molecule has 0 saturated carbocycles. The molecular formula is C13H21NO2. The number of carbonyl (C=O) groups is 1. The van der Waals surface area contributed by atoms with Gasteiger partial charge >= 0.3 is 0 Å². The van der Waals surface area contributed by atoms with Gasteiger partial charge in [-0.05, 0) is 32.6 Å². The summed E-state index contributed by atoms with van der Waals surface area (Å²) in [5, 5.41) is 0. The van der Waals surface area contributed by atoms with Gasteiger partial charge in [-0.15, -0.1) is 6.42 Å². The first-order chi connectivity index (χ1) is 7.77. The number of carbonyl (C=O) groups excluding carboxylic acids is 1. The fraction of sp³-hybridized carbons (Fsp3) is 0.769. The molecule has 1 atom stereocenters. The van der Waals surface area contributed by atoms with Crippen LogP contribution in [0.5, 0.6) is 0 Å². The van der Waals surface area contributed by atoms with Crippen LogP contribution in [-0.2, 0) is 9.53 Å². The summed E-state index contributed by atoms with van der Waals surface area (Å²) in [6, 6.07) is 0. The second kappa shape index (κ2) is 7.29. The molecule has 0 bridgehead atoms. The number of rotatable bonds is 5. The van der Waals surface area contributed by atoms with E-state index in [1.807, 2.05) is 6.92 Å². The summed E-state index contributed by atoms with van der Waals surface area (Å²) < 4.78 is 5.59. The van der Waals surface area contributed by atoms with E-state index < -0.39 is 0 Å². The van der Waals surface area contributed by atoms with Crippen molar-refractivity contribution >= 4 is 5.91 Å². The molecule has 1 rings (SSSR count). The molecule has 1 heterocycles. The van der Waals surface area contributed by atoms with Gasteiger partial charge in [0.2, 0.25) is 5.91 Å². The molecular weight excluding hydrogens is 202 g/mol. The largest absolute Gasteiger partial charge is 0.378 e. The van der Waals surface area contributed by atoms with E-state index in [1.165, 1.54) is 6.42 Å². The van der Waals surface area contributed by atoms with Gasteiger partial charge in [0.05, 0.1) is 12.6 Å². The predicted octanol–water partition coefficient (Wildman–Crippen LogP) is 1.82. The summed E-state index contributed by atoms with van der Waals surface area (Å²) in [7, 11) is 0. The van der Waals surface area contributed by atoms with Gasteiger partial charge in [-0.3, -0.25) is 4.79 Å². The number of amides is 1. The van der Waals surface area contributed by atoms with Crippen LogP contribution < -0.4 is 0 Å². The highest BCUT2D eigenvalue weighted by Gasteiger charge is 2.17. The van der Waals surface area contributed by atoms with E-state index >= 15 is 0 Å². The summed E-state index contributed by atoms with van der Waals surface area (Å²) in [6.45, 7) is 3.91. The van der Waals surface area contributed by atoms with E-state index in [0.717, 1.165) is 25.9 Å². The molecule has 16 heavy (non-hydrogen) atoms. The van der Waals surface area contributed by atoms with Gasteiger partial charge in [0.25, 0.3) is 0 Å². The monoisotopic (exact) mass is 223 g/mol. The lowest BCUT2D eigenvalue weighted by molar-refractivity contribution is -0.131. The van der Waals surface area contributed by atoms with Gasteiger partial charge in [0, 0.05) is 19.6 Å². The van der Waals surface area contributed by atoms with E-state index in [2.05, 4.69) is 5.92 Å². The van der Waals surface area contributed by atoms with Crippen molar-refractivity contribution in [2.75, 3.05) is 19.7 Å². The van der Waals surface area contributed by atoms with Crippen LogP contribution in [0.1, 0.15) is 39.0 Å². The zero-order valence-corrected chi connectivity index (χ0v) is 10.1. The molecule has 90 valence electrons. The average molecular weight is 223 g/mol. The molecule has 0 radical (unpaired) electrons. The Labute approximate surface area is 98.1 Å². The maximum absolute atomic E-state index is 11.8. The first-order valence-electron chi connectivity index (χ1n) is 6.10. The van der Waals surface area contributed by atoms with Crippen molar-refractivity contribution in [3.05, 3.63) is 0 Å². The summed E-state index contributed by atoms with van der Waals surface area (Å²) in [5.74, 6) is 2.66. The van der Waals surface area contributed by atoms with Crippen LogP contribution in [0, 0.1) is 12.3 Å². The summed E-state index contributed by atoms with van der Waals surface area (Å²) in [6.07, 6.45) is 10.4. The third-order valence-electron chi connectivity index (χ3n) is 2.97. The third-order valence-corrected chi connectivity index (χ3v) is 2.97. The van der Waals surface area contributed by atoms with Crippen LogP contribution >= 0.6 is 0 Å². The standard InChI is InChI=1S/C13H21NO2/c1-3-10-14(4-2)13(15)9-8-12-7-5-6-11-16-12/h1,12H,4-11H2,2H3. The lowest BCUT2D eigenvalue weighted by Gasteiger charge is -2.24. The van der Waals surface area contributed by atoms with Gasteiger partial charge in [-0.25, -0.2) is 0 Å². The molecule has 1 saturated heterocycles. The Balaban J connectivity index is 2.24. The lowest BCUT2D eigenvalue weighted by Crippen LogP contribution is -2.32. The molecule has 1 aliphatic heterocycles. The Kier molecular flexibility index (Phi) is 5.95. The van der Waals surface area contributed by atoms with Gasteiger partial charge in [0.1, 0.15) is 0 Å². The Morgan fingerprint density at radius 3 is 2.94 bits per heavy atom. The molecule has 0 aromatic carbocycles. The highest BCUT2D eigenvalue weighted by atomic mass is 16.5. The summed E-state index contributed by atoms with van der Waals surface area (Å²) in [5.41, 5.74) is 0. The predicted molar refractivity (Wildman–Crippen MR) is 63.9 cm³/mol. The Hall–Kier alpha value is -1.01. The van der Waals surface area contributed by atoms with Crippen LogP contribution in [0.15, 0.2) is 0 Å². The smallest absolute Gasteiger partial charge is 0.223 e. The quantitative estimate of drug-likeness (QED) is 0.665. The van der Waals surface area contributed by atoms with Crippen molar-refractivity contribution in [1.29, 1.82) is 0 Å². The van der Waals surface area contributed by atoms with E-state index in [0.29, 0.717) is 19.5 Å². The fourth-order valence-corrected chi connectivity index (χ4v) is 1.96. The molecule has 1 unspecified atom stereocenters. The Morgan fingerprint density at radius 2 is 2.38 bits per heavy atom. The molecule has 0 aromatic heterocycles. The van der Waals surface area contributed by atoms with Crippen LogP contribution in [-0.4, -0.2) is 36.6 Å². The molecule has 0 N–H and O–H groups in total. The number of hydrogen-bond donors (Lipinski definition) is 0. The molecule has 1 aliphatic rings. The molecule has 1 fully saturated rings. The number of terminal acetylenes is 1. The Bertz CT molecular complexity index is 251. The van der Waals surface area contributed by atoms with Crippen LogP contribution in [0.25, 0.3) is 0 Å². The third kappa shape index (κ3) is 4.24. The maximum Gasteiger partial charge on any atom is 0.223 e. The van der Waals surface area contributed by atoms with Crippen molar-refractivity contribution < 1.29 is 9.53 Å². The topological polar surface area (TPSA) is 29.5 Å². The van der Waals surface area contributed by atoms with Crippen LogP contribution in [0.4, 0.5) is 0 Å². The fourth-order valence-electron chi connectivity index (χ4n) is 1.96. The first kappa shape index (κ1) is 13.1. The zero-order valence-electron chi connectivity index (χ0n) is 10.1. The number of nitrogens with zero attached hydrogens (tertiary/aromatic N) is 1. The molecule has 1 amide bonds. The molecule has 0 spiro atoms. The normalized spacial score (nSPS) is 20.1. The minimum atomic E-state index is 0.148. The lowest BCUT2D eigenvalue weighted by atomic mass is 10.0. The van der Waals surface area contributed by atoms with Crippen LogP contribution in [0.2, 0.25) is 0 Å². The molecule has 0 aliphatic carbocycles. The second-order valence-corrected chi connectivity index (χ2v) is 4.14. The first-order valence-corrected chi connectivity index (χ1v) is 6.10. The van der Waals surface area contributed by atoms with Gasteiger partial charge in [-0.1, -0.05) is 5.92 Å². The van der Waals surface area contributed by atoms with Gasteiger partial charge in [-0.2, -0.15) is 0 Å². The van der Waals surface area contributed by atoms with Crippen molar-refractivity contribution in [3.63, 3.8) is 0 Å². The van der Waals surface area contributed by atoms with Crippen molar-refractivity contribution in [2.45, 2.75) is 45.1 Å². The molecule has 3 heteroatoms. The SMILES string of the molecule is C#CCN(CC)C(=O)CCC1CCCCO1. The van der Waals surface area contributed by atoms with E-state index in [4.69, 9.17) is 11.2 Å². The summed E-state index contributed by atoms with van der Waals surface area (Å²) in [4.78, 5) is 13.5. The zero-order chi connectivity index (χ0) is 11.8. The second-order valence-electron chi connectivity index (χ2n) is 4.14. The number of hydrogen-bond acceptors (Lipinski definition) is 2. The number of ether oxygens (including phenoxy) is 1. The van der Waals surface area contributed by atoms with E-state index in [9.17, 15) is 4.79 Å². The molecule has 3 nitrogen and oxygen atoms in total. The van der Waals surface area contributed by atoms with Crippen molar-refractivity contribution in [3.8, 4) is 12.3 Å². The van der Waals surface area contributed by atoms with Gasteiger partial charge < -0.3 is 9.64 Å². The van der Waals surface area contributed by atoms with Crippen LogP contribution in [0.3, 0.4) is 0 Å². The minimum Gasteiger partial charge on any atom is -0.378 e. The van der Waals surface area contributed by atoms with Gasteiger partial charge in [0.15, 0.2) is 0 Å². The van der Waals surface area contributed by atoms with E-state index in [1.54, 1.807) is 4.90 Å². The Morgan fingerprint density at radius 1 is 1.56 bits per heavy atom. The van der Waals surface area contributed by atoms with E-state index in [-0.39, 0.29) is 12.0 Å².